The second kappa shape index (κ2) is 3.23. The molecule has 0 aromatic carbocycles. The molecule has 1 saturated heterocycles. The van der Waals surface area contributed by atoms with Gasteiger partial charge in [-0.25, -0.2) is 0 Å². The minimum Gasteiger partial charge on any atom is -0.369 e. The predicted octanol–water partition coefficient (Wildman–Crippen LogP) is 4.16. The average molecular weight is 210 g/mol. The Bertz CT molecular complexity index is 254. The molecule has 88 valence electrons. The average Bonchev–Trinajstić information content (AvgIpc) is 1.98. The van der Waals surface area contributed by atoms with Crippen LogP contribution in [-0.4, -0.2) is 11.2 Å². The van der Waals surface area contributed by atoms with Crippen LogP contribution in [0.5, 0.6) is 0 Å². The Labute approximate surface area is 94.6 Å². The number of hydrogen-bond donors (Lipinski definition) is 0. The predicted molar refractivity (Wildman–Crippen MR) is 63.9 cm³/mol. The van der Waals surface area contributed by atoms with Crippen LogP contribution in [0.1, 0.15) is 66.7 Å². The van der Waals surface area contributed by atoms with Crippen LogP contribution in [0.4, 0.5) is 0 Å². The van der Waals surface area contributed by atoms with E-state index in [1.165, 1.54) is 32.1 Å². The van der Waals surface area contributed by atoms with E-state index in [1.807, 2.05) is 0 Å². The van der Waals surface area contributed by atoms with E-state index in [2.05, 4.69) is 34.6 Å². The summed E-state index contributed by atoms with van der Waals surface area (Å²) in [6.07, 6.45) is 6.52. The molecule has 1 aliphatic carbocycles. The molecule has 1 nitrogen and oxygen atoms in total. The Morgan fingerprint density at radius 1 is 0.933 bits per heavy atom. The second-order valence-electron chi connectivity index (χ2n) is 7.11. The Kier molecular flexibility index (Phi) is 2.46. The van der Waals surface area contributed by atoms with Crippen LogP contribution in [0.3, 0.4) is 0 Å². The summed E-state index contributed by atoms with van der Waals surface area (Å²) in [4.78, 5) is 0. The Hall–Kier alpha value is -0.0400. The van der Waals surface area contributed by atoms with Gasteiger partial charge in [-0.3, -0.25) is 0 Å². The Balaban J connectivity index is 2.24. The summed E-state index contributed by atoms with van der Waals surface area (Å²) in [6.45, 7) is 11.7. The minimum absolute atomic E-state index is 0.0959. The molecule has 1 unspecified atom stereocenters. The topological polar surface area (TPSA) is 9.23 Å². The van der Waals surface area contributed by atoms with E-state index in [-0.39, 0.29) is 11.2 Å². The van der Waals surface area contributed by atoms with E-state index < -0.39 is 0 Å². The van der Waals surface area contributed by atoms with E-state index >= 15 is 0 Å². The SMILES string of the molecule is CC1(C)CCC2C(C)(C)CCC[C@]2(C)O1. The van der Waals surface area contributed by atoms with Gasteiger partial charge in [0.1, 0.15) is 0 Å². The van der Waals surface area contributed by atoms with Gasteiger partial charge in [-0.15, -0.1) is 0 Å². The van der Waals surface area contributed by atoms with Gasteiger partial charge in [0.25, 0.3) is 0 Å². The summed E-state index contributed by atoms with van der Waals surface area (Å²) in [5, 5.41) is 0. The summed E-state index contributed by atoms with van der Waals surface area (Å²) in [5.41, 5.74) is 0.714. The van der Waals surface area contributed by atoms with Crippen molar-refractivity contribution in [3.8, 4) is 0 Å². The zero-order valence-electron chi connectivity index (χ0n) is 11.0. The molecule has 1 heteroatoms. The van der Waals surface area contributed by atoms with Crippen molar-refractivity contribution < 1.29 is 4.74 Å². The van der Waals surface area contributed by atoms with Crippen molar-refractivity contribution in [1.29, 1.82) is 0 Å². The monoisotopic (exact) mass is 210 g/mol. The van der Waals surface area contributed by atoms with Gasteiger partial charge in [0.05, 0.1) is 11.2 Å². The normalized spacial score (nSPS) is 43.4. The van der Waals surface area contributed by atoms with E-state index in [9.17, 15) is 0 Å². The summed E-state index contributed by atoms with van der Waals surface area (Å²) >= 11 is 0. The summed E-state index contributed by atoms with van der Waals surface area (Å²) in [7, 11) is 0. The number of rotatable bonds is 0. The van der Waals surface area contributed by atoms with Gasteiger partial charge in [0.15, 0.2) is 0 Å². The van der Waals surface area contributed by atoms with Crippen molar-refractivity contribution in [3.63, 3.8) is 0 Å². The second-order valence-corrected chi connectivity index (χ2v) is 7.11. The van der Waals surface area contributed by atoms with E-state index in [1.54, 1.807) is 0 Å². The quantitative estimate of drug-likeness (QED) is 0.583. The molecule has 1 aliphatic heterocycles. The van der Waals surface area contributed by atoms with Crippen LogP contribution in [0.25, 0.3) is 0 Å². The van der Waals surface area contributed by atoms with Crippen LogP contribution in [-0.2, 0) is 4.74 Å². The molecule has 2 fully saturated rings. The third-order valence-electron chi connectivity index (χ3n) is 4.72. The molecular formula is C14H26O. The third-order valence-corrected chi connectivity index (χ3v) is 4.72. The molecular weight excluding hydrogens is 184 g/mol. The van der Waals surface area contributed by atoms with Crippen molar-refractivity contribution in [3.05, 3.63) is 0 Å². The highest BCUT2D eigenvalue weighted by atomic mass is 16.5. The fraction of sp³-hybridized carbons (Fsp3) is 1.00. The molecule has 0 aromatic rings. The first-order chi connectivity index (χ1) is 6.75. The van der Waals surface area contributed by atoms with Gasteiger partial charge in [0.2, 0.25) is 0 Å². The largest absolute Gasteiger partial charge is 0.369 e. The zero-order chi connectivity index (χ0) is 11.3. The highest BCUT2D eigenvalue weighted by Gasteiger charge is 2.52. The fourth-order valence-electron chi connectivity index (χ4n) is 4.06. The molecule has 1 saturated carbocycles. The molecule has 0 amide bonds. The lowest BCUT2D eigenvalue weighted by molar-refractivity contribution is -0.231. The van der Waals surface area contributed by atoms with Crippen LogP contribution in [0, 0.1) is 11.3 Å². The third kappa shape index (κ3) is 1.95. The zero-order valence-corrected chi connectivity index (χ0v) is 11.0. The minimum atomic E-state index is 0.0959. The maximum atomic E-state index is 6.40. The lowest BCUT2D eigenvalue weighted by atomic mass is 9.58. The molecule has 15 heavy (non-hydrogen) atoms. The molecule has 0 radical (unpaired) electrons. The molecule has 1 heterocycles. The highest BCUT2D eigenvalue weighted by molar-refractivity contribution is 5.01. The van der Waals surface area contributed by atoms with E-state index in [0.29, 0.717) is 5.41 Å². The van der Waals surface area contributed by atoms with E-state index in [4.69, 9.17) is 4.74 Å². The van der Waals surface area contributed by atoms with Gasteiger partial charge in [-0.1, -0.05) is 20.3 Å². The molecule has 2 aliphatic rings. The lowest BCUT2D eigenvalue weighted by Gasteiger charge is -2.57. The standard InChI is InChI=1S/C14H26O/c1-12(2)8-6-9-14(5)11(12)7-10-13(3,4)15-14/h11H,6-10H2,1-5H3/t11?,14-/m0/s1. The van der Waals surface area contributed by atoms with Gasteiger partial charge < -0.3 is 4.74 Å². The molecule has 0 spiro atoms. The molecule has 0 aromatic heterocycles. The first-order valence-electron chi connectivity index (χ1n) is 6.45. The van der Waals surface area contributed by atoms with Crippen molar-refractivity contribution >= 4 is 0 Å². The molecule has 2 atom stereocenters. The van der Waals surface area contributed by atoms with Gasteiger partial charge in [0, 0.05) is 0 Å². The lowest BCUT2D eigenvalue weighted by Crippen LogP contribution is -2.56. The molecule has 0 bridgehead atoms. The smallest absolute Gasteiger partial charge is 0.0694 e. The molecule has 2 rings (SSSR count). The Morgan fingerprint density at radius 3 is 2.27 bits per heavy atom. The van der Waals surface area contributed by atoms with Gasteiger partial charge in [-0.05, 0) is 57.8 Å². The number of ether oxygens (including phenoxy) is 1. The van der Waals surface area contributed by atoms with Crippen molar-refractivity contribution in [2.24, 2.45) is 11.3 Å². The van der Waals surface area contributed by atoms with Gasteiger partial charge in [-0.2, -0.15) is 0 Å². The van der Waals surface area contributed by atoms with E-state index in [0.717, 1.165) is 5.92 Å². The van der Waals surface area contributed by atoms with Crippen LogP contribution < -0.4 is 0 Å². The first-order valence-corrected chi connectivity index (χ1v) is 6.45. The van der Waals surface area contributed by atoms with Crippen molar-refractivity contribution in [1.82, 2.24) is 0 Å². The van der Waals surface area contributed by atoms with Crippen LogP contribution in [0.2, 0.25) is 0 Å². The summed E-state index contributed by atoms with van der Waals surface area (Å²) in [5.74, 6) is 0.756. The molecule has 0 N–H and O–H groups in total. The maximum Gasteiger partial charge on any atom is 0.0694 e. The maximum absolute atomic E-state index is 6.40. The van der Waals surface area contributed by atoms with Crippen LogP contribution >= 0.6 is 0 Å². The van der Waals surface area contributed by atoms with Crippen molar-refractivity contribution in [2.45, 2.75) is 77.9 Å². The van der Waals surface area contributed by atoms with Crippen molar-refractivity contribution in [2.75, 3.05) is 0 Å². The van der Waals surface area contributed by atoms with Crippen LogP contribution in [0.15, 0.2) is 0 Å². The Morgan fingerprint density at radius 2 is 1.60 bits per heavy atom. The number of fused-ring (bicyclic) bond motifs is 1. The van der Waals surface area contributed by atoms with Gasteiger partial charge >= 0.3 is 0 Å². The summed E-state index contributed by atoms with van der Waals surface area (Å²) < 4.78 is 6.40. The highest BCUT2D eigenvalue weighted by Crippen LogP contribution is 2.54. The first kappa shape index (κ1) is 11.4. The number of hydrogen-bond acceptors (Lipinski definition) is 1. The summed E-state index contributed by atoms with van der Waals surface area (Å²) in [6, 6.07) is 0. The fourth-order valence-corrected chi connectivity index (χ4v) is 4.06.